The predicted molar refractivity (Wildman–Crippen MR) is 81.1 cm³/mol. The van der Waals surface area contributed by atoms with E-state index < -0.39 is 0 Å². The number of halogens is 3. The number of benzene rings is 1. The second kappa shape index (κ2) is 6.53. The normalized spacial score (nSPS) is 26.8. The van der Waals surface area contributed by atoms with Crippen LogP contribution in [0.15, 0.2) is 22.7 Å². The van der Waals surface area contributed by atoms with Gasteiger partial charge in [0.1, 0.15) is 5.82 Å². The summed E-state index contributed by atoms with van der Waals surface area (Å²) in [6, 6.07) is 6.07. The van der Waals surface area contributed by atoms with Crippen LogP contribution in [0.4, 0.5) is 4.39 Å². The third-order valence-electron chi connectivity index (χ3n) is 4.13. The molecular formula is C14H19BrClFN2. The van der Waals surface area contributed by atoms with Crippen LogP contribution in [0, 0.1) is 11.7 Å². The lowest BCUT2D eigenvalue weighted by Gasteiger charge is -2.34. The first kappa shape index (κ1) is 15.2. The molecule has 2 aliphatic heterocycles. The number of hydrogen-bond acceptors (Lipinski definition) is 2. The van der Waals surface area contributed by atoms with Crippen LogP contribution in [-0.2, 0) is 6.54 Å². The van der Waals surface area contributed by atoms with Crippen LogP contribution < -0.4 is 5.32 Å². The van der Waals surface area contributed by atoms with Gasteiger partial charge in [-0.1, -0.05) is 6.07 Å². The third kappa shape index (κ3) is 3.48. The molecule has 0 bridgehead atoms. The highest BCUT2D eigenvalue weighted by atomic mass is 79.9. The number of fused-ring (bicyclic) bond motifs is 1. The van der Waals surface area contributed by atoms with Crippen molar-refractivity contribution in [2.45, 2.75) is 25.4 Å². The number of rotatable bonds is 2. The summed E-state index contributed by atoms with van der Waals surface area (Å²) in [4.78, 5) is 2.49. The Morgan fingerprint density at radius 2 is 2.21 bits per heavy atom. The van der Waals surface area contributed by atoms with Crippen molar-refractivity contribution in [1.82, 2.24) is 10.2 Å². The lowest BCUT2D eigenvalue weighted by Crippen LogP contribution is -2.43. The summed E-state index contributed by atoms with van der Waals surface area (Å²) in [5, 5.41) is 3.58. The Labute approximate surface area is 128 Å². The average Bonchev–Trinajstić information content (AvgIpc) is 2.81. The summed E-state index contributed by atoms with van der Waals surface area (Å²) in [7, 11) is 0. The minimum absolute atomic E-state index is 0. The predicted octanol–water partition coefficient (Wildman–Crippen LogP) is 3.19. The van der Waals surface area contributed by atoms with Crippen molar-refractivity contribution in [2.24, 2.45) is 5.92 Å². The summed E-state index contributed by atoms with van der Waals surface area (Å²) in [6.07, 6.45) is 2.54. The van der Waals surface area contributed by atoms with Gasteiger partial charge < -0.3 is 5.32 Å². The summed E-state index contributed by atoms with van der Waals surface area (Å²) in [5.41, 5.74) is 1.19. The molecule has 5 heteroatoms. The standard InChI is InChI=1S/C14H18BrFN2.ClH/c15-12-7-10(1-2-13(12)16)8-18-6-4-14-11(9-18)3-5-17-14;/h1-2,7,11,14,17H,3-6,8-9H2;1H. The van der Waals surface area contributed by atoms with Crippen molar-refractivity contribution in [1.29, 1.82) is 0 Å². The van der Waals surface area contributed by atoms with Crippen molar-refractivity contribution in [3.8, 4) is 0 Å². The van der Waals surface area contributed by atoms with Crippen molar-refractivity contribution in [3.05, 3.63) is 34.1 Å². The van der Waals surface area contributed by atoms with Gasteiger partial charge in [-0.2, -0.15) is 0 Å². The van der Waals surface area contributed by atoms with Crippen LogP contribution in [0.25, 0.3) is 0 Å². The van der Waals surface area contributed by atoms with E-state index in [1.54, 1.807) is 6.07 Å². The molecule has 0 amide bonds. The Hall–Kier alpha value is -0.160. The van der Waals surface area contributed by atoms with Crippen LogP contribution >= 0.6 is 28.3 Å². The van der Waals surface area contributed by atoms with E-state index in [9.17, 15) is 4.39 Å². The molecule has 19 heavy (non-hydrogen) atoms. The molecule has 2 unspecified atom stereocenters. The topological polar surface area (TPSA) is 15.3 Å². The third-order valence-corrected chi connectivity index (χ3v) is 4.74. The molecule has 106 valence electrons. The Morgan fingerprint density at radius 1 is 1.37 bits per heavy atom. The number of piperidine rings is 1. The minimum atomic E-state index is -0.183. The maximum Gasteiger partial charge on any atom is 0.137 e. The molecule has 2 atom stereocenters. The van der Waals surface area contributed by atoms with E-state index in [1.165, 1.54) is 31.5 Å². The summed E-state index contributed by atoms with van der Waals surface area (Å²) in [5.74, 6) is 0.625. The van der Waals surface area contributed by atoms with Gasteiger partial charge in [-0.15, -0.1) is 12.4 Å². The Bertz CT molecular complexity index is 443. The highest BCUT2D eigenvalue weighted by molar-refractivity contribution is 9.10. The molecule has 0 radical (unpaired) electrons. The minimum Gasteiger partial charge on any atom is -0.314 e. The second-order valence-corrected chi connectivity index (χ2v) is 6.24. The van der Waals surface area contributed by atoms with Gasteiger partial charge in [0.05, 0.1) is 4.47 Å². The average molecular weight is 350 g/mol. The maximum atomic E-state index is 13.2. The highest BCUT2D eigenvalue weighted by Gasteiger charge is 2.32. The summed E-state index contributed by atoms with van der Waals surface area (Å²) in [6.45, 7) is 4.42. The molecule has 0 aromatic heterocycles. The van der Waals surface area contributed by atoms with Gasteiger partial charge in [-0.05, 0) is 65.5 Å². The first-order valence-electron chi connectivity index (χ1n) is 6.62. The Kier molecular flexibility index (Phi) is 5.23. The largest absolute Gasteiger partial charge is 0.314 e. The molecule has 2 heterocycles. The molecular weight excluding hydrogens is 331 g/mol. The zero-order chi connectivity index (χ0) is 12.5. The van der Waals surface area contributed by atoms with Crippen molar-refractivity contribution >= 4 is 28.3 Å². The number of nitrogens with one attached hydrogen (secondary N) is 1. The van der Waals surface area contributed by atoms with E-state index in [4.69, 9.17) is 0 Å². The first-order valence-corrected chi connectivity index (χ1v) is 7.41. The van der Waals surface area contributed by atoms with Crippen LogP contribution in [0.5, 0.6) is 0 Å². The van der Waals surface area contributed by atoms with E-state index in [1.807, 2.05) is 12.1 Å². The van der Waals surface area contributed by atoms with E-state index >= 15 is 0 Å². The van der Waals surface area contributed by atoms with Crippen LogP contribution in [0.1, 0.15) is 18.4 Å². The molecule has 0 spiro atoms. The Balaban J connectivity index is 0.00000133. The lowest BCUT2D eigenvalue weighted by atomic mass is 9.93. The molecule has 1 aromatic rings. The number of likely N-dealkylation sites (tertiary alicyclic amines) is 1. The monoisotopic (exact) mass is 348 g/mol. The van der Waals surface area contributed by atoms with E-state index in [-0.39, 0.29) is 18.2 Å². The molecule has 2 fully saturated rings. The fourth-order valence-corrected chi connectivity index (χ4v) is 3.59. The van der Waals surface area contributed by atoms with Gasteiger partial charge >= 0.3 is 0 Å². The Morgan fingerprint density at radius 3 is 3.00 bits per heavy atom. The van der Waals surface area contributed by atoms with Gasteiger partial charge in [-0.3, -0.25) is 4.90 Å². The molecule has 2 aliphatic rings. The fraction of sp³-hybridized carbons (Fsp3) is 0.571. The molecule has 1 aromatic carbocycles. The van der Waals surface area contributed by atoms with Crippen LogP contribution in [-0.4, -0.2) is 30.6 Å². The zero-order valence-electron chi connectivity index (χ0n) is 10.7. The van der Waals surface area contributed by atoms with Gasteiger partial charge in [0.25, 0.3) is 0 Å². The van der Waals surface area contributed by atoms with Crippen LogP contribution in [0.3, 0.4) is 0 Å². The molecule has 1 N–H and O–H groups in total. The van der Waals surface area contributed by atoms with Crippen molar-refractivity contribution in [3.63, 3.8) is 0 Å². The number of nitrogens with zero attached hydrogens (tertiary/aromatic N) is 1. The van der Waals surface area contributed by atoms with Gasteiger partial charge in [0.15, 0.2) is 0 Å². The van der Waals surface area contributed by atoms with Gasteiger partial charge in [0, 0.05) is 19.1 Å². The quantitative estimate of drug-likeness (QED) is 0.882. The number of hydrogen-bond donors (Lipinski definition) is 1. The van der Waals surface area contributed by atoms with E-state index in [0.717, 1.165) is 25.0 Å². The molecule has 3 rings (SSSR count). The highest BCUT2D eigenvalue weighted by Crippen LogP contribution is 2.26. The van der Waals surface area contributed by atoms with Gasteiger partial charge in [-0.25, -0.2) is 4.39 Å². The lowest BCUT2D eigenvalue weighted by molar-refractivity contribution is 0.156. The smallest absolute Gasteiger partial charge is 0.137 e. The van der Waals surface area contributed by atoms with Crippen LogP contribution in [0.2, 0.25) is 0 Å². The zero-order valence-corrected chi connectivity index (χ0v) is 13.1. The first-order chi connectivity index (χ1) is 8.72. The molecule has 0 aliphatic carbocycles. The fourth-order valence-electron chi connectivity index (χ4n) is 3.16. The van der Waals surface area contributed by atoms with Crippen molar-refractivity contribution in [2.75, 3.05) is 19.6 Å². The summed E-state index contributed by atoms with van der Waals surface area (Å²) < 4.78 is 13.8. The van der Waals surface area contributed by atoms with E-state index in [2.05, 4.69) is 26.1 Å². The van der Waals surface area contributed by atoms with E-state index in [0.29, 0.717) is 4.47 Å². The SMILES string of the molecule is Cl.Fc1ccc(CN2CCC3NCCC3C2)cc1Br. The maximum absolute atomic E-state index is 13.2. The van der Waals surface area contributed by atoms with Crippen molar-refractivity contribution < 1.29 is 4.39 Å². The summed E-state index contributed by atoms with van der Waals surface area (Å²) >= 11 is 3.25. The molecule has 0 saturated carbocycles. The van der Waals surface area contributed by atoms with Gasteiger partial charge in [0.2, 0.25) is 0 Å². The molecule has 2 saturated heterocycles. The molecule has 2 nitrogen and oxygen atoms in total. The second-order valence-electron chi connectivity index (χ2n) is 5.38.